The predicted octanol–water partition coefficient (Wildman–Crippen LogP) is 2.21. The van der Waals surface area contributed by atoms with Gasteiger partial charge in [-0.15, -0.1) is 0 Å². The lowest BCUT2D eigenvalue weighted by atomic mass is 9.92. The zero-order chi connectivity index (χ0) is 15.9. The molecular formula is C16H27N3O2. The van der Waals surface area contributed by atoms with E-state index in [0.717, 1.165) is 18.7 Å². The normalized spacial score (nSPS) is 11.3. The summed E-state index contributed by atoms with van der Waals surface area (Å²) in [5, 5.41) is 13.3. The fourth-order valence-corrected chi connectivity index (χ4v) is 2.36. The maximum Gasteiger partial charge on any atom is 0.252 e. The van der Waals surface area contributed by atoms with E-state index in [1.807, 2.05) is 32.8 Å². The van der Waals surface area contributed by atoms with Crippen molar-refractivity contribution in [3.05, 3.63) is 23.9 Å². The minimum atomic E-state index is -0.809. The van der Waals surface area contributed by atoms with Gasteiger partial charge < -0.3 is 15.3 Å². The van der Waals surface area contributed by atoms with Crippen LogP contribution in [0.1, 0.15) is 49.9 Å². The highest BCUT2D eigenvalue weighted by molar-refractivity contribution is 5.94. The van der Waals surface area contributed by atoms with Crippen LogP contribution >= 0.6 is 0 Å². The second-order valence-electron chi connectivity index (χ2n) is 5.71. The van der Waals surface area contributed by atoms with Crippen LogP contribution in [-0.4, -0.2) is 42.2 Å². The van der Waals surface area contributed by atoms with Crippen molar-refractivity contribution >= 4 is 11.7 Å². The molecule has 2 N–H and O–H groups in total. The van der Waals surface area contributed by atoms with Gasteiger partial charge in [0.15, 0.2) is 0 Å². The molecule has 0 aliphatic carbocycles. The number of hydrogen-bond acceptors (Lipinski definition) is 4. The highest BCUT2D eigenvalue weighted by atomic mass is 16.3. The Hall–Kier alpha value is -1.62. The van der Waals surface area contributed by atoms with Crippen LogP contribution in [0.4, 0.5) is 5.82 Å². The average molecular weight is 293 g/mol. The van der Waals surface area contributed by atoms with Crippen LogP contribution in [0.2, 0.25) is 0 Å². The molecule has 1 aromatic rings. The largest absolute Gasteiger partial charge is 0.388 e. The van der Waals surface area contributed by atoms with Gasteiger partial charge in [-0.1, -0.05) is 26.7 Å². The Kier molecular flexibility index (Phi) is 6.62. The molecule has 1 aromatic heterocycles. The Morgan fingerprint density at radius 3 is 2.33 bits per heavy atom. The first-order valence-corrected chi connectivity index (χ1v) is 7.56. The van der Waals surface area contributed by atoms with Crippen molar-refractivity contribution < 1.29 is 9.90 Å². The second-order valence-corrected chi connectivity index (χ2v) is 5.71. The molecule has 118 valence electrons. The third-order valence-corrected chi connectivity index (χ3v) is 3.48. The smallest absolute Gasteiger partial charge is 0.252 e. The lowest BCUT2D eigenvalue weighted by Gasteiger charge is -2.27. The van der Waals surface area contributed by atoms with E-state index < -0.39 is 5.60 Å². The molecular weight excluding hydrogens is 266 g/mol. The van der Waals surface area contributed by atoms with E-state index in [1.165, 1.54) is 0 Å². The molecule has 21 heavy (non-hydrogen) atoms. The molecule has 0 spiro atoms. The second kappa shape index (κ2) is 7.98. The van der Waals surface area contributed by atoms with Crippen molar-refractivity contribution in [1.82, 2.24) is 10.3 Å². The van der Waals surface area contributed by atoms with Crippen LogP contribution in [0.5, 0.6) is 0 Å². The van der Waals surface area contributed by atoms with Gasteiger partial charge in [0.2, 0.25) is 0 Å². The number of carbonyl (C=O) groups excluding carboxylic acids is 1. The topological polar surface area (TPSA) is 65.5 Å². The molecule has 0 unspecified atom stereocenters. The van der Waals surface area contributed by atoms with Crippen molar-refractivity contribution in [3.8, 4) is 0 Å². The quantitative estimate of drug-likeness (QED) is 0.771. The van der Waals surface area contributed by atoms with Gasteiger partial charge in [-0.3, -0.25) is 4.79 Å². The molecule has 0 aliphatic rings. The molecule has 0 bridgehead atoms. The van der Waals surface area contributed by atoms with E-state index in [4.69, 9.17) is 0 Å². The van der Waals surface area contributed by atoms with Gasteiger partial charge in [0, 0.05) is 26.8 Å². The number of aliphatic hydroxyl groups is 1. The fraction of sp³-hybridized carbons (Fsp3) is 0.625. The first-order valence-electron chi connectivity index (χ1n) is 7.56. The molecule has 1 heterocycles. The zero-order valence-electron chi connectivity index (χ0n) is 13.5. The Morgan fingerprint density at radius 2 is 1.90 bits per heavy atom. The summed E-state index contributed by atoms with van der Waals surface area (Å²) >= 11 is 0. The summed E-state index contributed by atoms with van der Waals surface area (Å²) < 4.78 is 0. The number of rotatable bonds is 8. The molecule has 0 saturated carbocycles. The SMILES string of the molecule is CCCC(O)(CCC)CNC(=O)c1ccc(N(C)C)nc1. The van der Waals surface area contributed by atoms with E-state index >= 15 is 0 Å². The summed E-state index contributed by atoms with van der Waals surface area (Å²) in [7, 11) is 3.80. The maximum absolute atomic E-state index is 12.1. The van der Waals surface area contributed by atoms with Gasteiger partial charge in [0.05, 0.1) is 11.2 Å². The van der Waals surface area contributed by atoms with Gasteiger partial charge in [0.25, 0.3) is 5.91 Å². The number of carbonyl (C=O) groups is 1. The Labute approximate surface area is 127 Å². The van der Waals surface area contributed by atoms with E-state index in [2.05, 4.69) is 10.3 Å². The van der Waals surface area contributed by atoms with Crippen molar-refractivity contribution in [2.24, 2.45) is 0 Å². The highest BCUT2D eigenvalue weighted by Gasteiger charge is 2.25. The van der Waals surface area contributed by atoms with Gasteiger partial charge in [0.1, 0.15) is 5.82 Å². The average Bonchev–Trinajstić information content (AvgIpc) is 2.45. The summed E-state index contributed by atoms with van der Waals surface area (Å²) in [5.41, 5.74) is -0.299. The minimum Gasteiger partial charge on any atom is -0.388 e. The van der Waals surface area contributed by atoms with Crippen molar-refractivity contribution in [3.63, 3.8) is 0 Å². The first kappa shape index (κ1) is 17.4. The first-order chi connectivity index (χ1) is 9.91. The molecule has 0 fully saturated rings. The third kappa shape index (κ3) is 5.34. The standard InChI is InChI=1S/C16H27N3O2/c1-5-9-16(21,10-6-2)12-18-15(20)13-7-8-14(17-11-13)19(3)4/h7-8,11,21H,5-6,9-10,12H2,1-4H3,(H,18,20). The number of pyridine rings is 1. The number of nitrogens with zero attached hydrogens (tertiary/aromatic N) is 2. The Morgan fingerprint density at radius 1 is 1.29 bits per heavy atom. The van der Waals surface area contributed by atoms with Crippen molar-refractivity contribution in [2.45, 2.75) is 45.1 Å². The Bertz CT molecular complexity index is 437. The summed E-state index contributed by atoms with van der Waals surface area (Å²) in [6, 6.07) is 3.55. The van der Waals surface area contributed by atoms with Crippen LogP contribution in [0, 0.1) is 0 Å². The number of amides is 1. The molecule has 0 atom stereocenters. The minimum absolute atomic E-state index is 0.196. The zero-order valence-corrected chi connectivity index (χ0v) is 13.5. The number of anilines is 1. The number of nitrogens with one attached hydrogen (secondary N) is 1. The van der Waals surface area contributed by atoms with Crippen molar-refractivity contribution in [1.29, 1.82) is 0 Å². The van der Waals surface area contributed by atoms with Crippen LogP contribution in [0.3, 0.4) is 0 Å². The summed E-state index contributed by atoms with van der Waals surface area (Å²) in [6.07, 6.45) is 4.73. The van der Waals surface area contributed by atoms with E-state index in [1.54, 1.807) is 18.3 Å². The van der Waals surface area contributed by atoms with Gasteiger partial charge >= 0.3 is 0 Å². The lowest BCUT2D eigenvalue weighted by Crippen LogP contribution is -2.42. The number of hydrogen-bond donors (Lipinski definition) is 2. The lowest BCUT2D eigenvalue weighted by molar-refractivity contribution is 0.0213. The predicted molar refractivity (Wildman–Crippen MR) is 85.7 cm³/mol. The molecule has 5 nitrogen and oxygen atoms in total. The summed E-state index contributed by atoms with van der Waals surface area (Å²) in [5.74, 6) is 0.610. The summed E-state index contributed by atoms with van der Waals surface area (Å²) in [6.45, 7) is 4.35. The third-order valence-electron chi connectivity index (χ3n) is 3.48. The van der Waals surface area contributed by atoms with E-state index in [-0.39, 0.29) is 12.5 Å². The van der Waals surface area contributed by atoms with Crippen LogP contribution in [0.25, 0.3) is 0 Å². The Balaban J connectivity index is 2.63. The van der Waals surface area contributed by atoms with Crippen molar-refractivity contribution in [2.75, 3.05) is 25.5 Å². The monoisotopic (exact) mass is 293 g/mol. The molecule has 1 rings (SSSR count). The molecule has 0 aliphatic heterocycles. The molecule has 1 amide bonds. The van der Waals surface area contributed by atoms with Gasteiger partial charge in [-0.2, -0.15) is 0 Å². The summed E-state index contributed by atoms with van der Waals surface area (Å²) in [4.78, 5) is 18.2. The van der Waals surface area contributed by atoms with E-state index in [0.29, 0.717) is 18.4 Å². The van der Waals surface area contributed by atoms with Crippen LogP contribution in [0.15, 0.2) is 18.3 Å². The van der Waals surface area contributed by atoms with Crippen LogP contribution in [-0.2, 0) is 0 Å². The molecule has 5 heteroatoms. The van der Waals surface area contributed by atoms with Gasteiger partial charge in [-0.25, -0.2) is 4.98 Å². The number of aromatic nitrogens is 1. The maximum atomic E-state index is 12.1. The van der Waals surface area contributed by atoms with E-state index in [9.17, 15) is 9.90 Å². The van der Waals surface area contributed by atoms with Crippen LogP contribution < -0.4 is 10.2 Å². The molecule has 0 radical (unpaired) electrons. The van der Waals surface area contributed by atoms with Gasteiger partial charge in [-0.05, 0) is 25.0 Å². The highest BCUT2D eigenvalue weighted by Crippen LogP contribution is 2.18. The molecule has 0 aromatic carbocycles. The fourth-order valence-electron chi connectivity index (χ4n) is 2.36. The molecule has 0 saturated heterocycles.